The SMILES string of the molecule is CCOC(=O)[C@@H]1[C@@H](c2ccc([N+](=O)[O-])cc2)C(C(=O)[C@@]2(C)CO2)=NN1C(C)=O. The zero-order chi connectivity index (χ0) is 20.6. The third-order valence-electron chi connectivity index (χ3n) is 4.69. The van der Waals surface area contributed by atoms with Crippen molar-refractivity contribution in [2.75, 3.05) is 13.2 Å². The van der Waals surface area contributed by atoms with E-state index in [-0.39, 0.29) is 24.6 Å². The normalized spacial score (nSPS) is 25.8. The van der Waals surface area contributed by atoms with Crippen LogP contribution in [0.3, 0.4) is 0 Å². The van der Waals surface area contributed by atoms with Crippen molar-refractivity contribution in [3.63, 3.8) is 0 Å². The first kappa shape index (κ1) is 19.6. The molecular weight excluding hydrogens is 370 g/mol. The van der Waals surface area contributed by atoms with Gasteiger partial charge in [0.15, 0.2) is 11.6 Å². The van der Waals surface area contributed by atoms with Gasteiger partial charge in [-0.05, 0) is 19.4 Å². The lowest BCUT2D eigenvalue weighted by Crippen LogP contribution is -2.44. The number of epoxide rings is 1. The third kappa shape index (κ3) is 3.38. The van der Waals surface area contributed by atoms with Gasteiger partial charge in [-0.2, -0.15) is 5.10 Å². The molecule has 2 aliphatic rings. The van der Waals surface area contributed by atoms with Gasteiger partial charge in [-0.15, -0.1) is 0 Å². The lowest BCUT2D eigenvalue weighted by Gasteiger charge is -2.24. The molecule has 28 heavy (non-hydrogen) atoms. The number of ether oxygens (including phenoxy) is 2. The van der Waals surface area contributed by atoms with Crippen molar-refractivity contribution >= 4 is 29.1 Å². The van der Waals surface area contributed by atoms with E-state index in [0.717, 1.165) is 5.01 Å². The summed E-state index contributed by atoms with van der Waals surface area (Å²) >= 11 is 0. The minimum Gasteiger partial charge on any atom is -0.464 e. The largest absolute Gasteiger partial charge is 0.464 e. The molecule has 0 radical (unpaired) electrons. The first-order chi connectivity index (χ1) is 13.2. The van der Waals surface area contributed by atoms with Gasteiger partial charge >= 0.3 is 5.97 Å². The molecule has 3 rings (SSSR count). The molecule has 2 heterocycles. The number of ketones is 1. The van der Waals surface area contributed by atoms with E-state index in [4.69, 9.17) is 9.47 Å². The molecule has 1 saturated heterocycles. The number of nitro groups is 1. The van der Waals surface area contributed by atoms with E-state index < -0.39 is 40.1 Å². The van der Waals surface area contributed by atoms with Gasteiger partial charge in [0.05, 0.1) is 24.1 Å². The van der Waals surface area contributed by atoms with Crippen LogP contribution in [-0.4, -0.2) is 58.2 Å². The number of nitro benzene ring substituents is 1. The van der Waals surface area contributed by atoms with Gasteiger partial charge in [-0.25, -0.2) is 9.80 Å². The van der Waals surface area contributed by atoms with Gasteiger partial charge < -0.3 is 9.47 Å². The van der Waals surface area contributed by atoms with E-state index in [0.29, 0.717) is 5.56 Å². The van der Waals surface area contributed by atoms with Crippen molar-refractivity contribution in [1.29, 1.82) is 0 Å². The lowest BCUT2D eigenvalue weighted by atomic mass is 9.83. The summed E-state index contributed by atoms with van der Waals surface area (Å²) in [4.78, 5) is 48.0. The lowest BCUT2D eigenvalue weighted by molar-refractivity contribution is -0.384. The topological polar surface area (TPSA) is 132 Å². The Labute approximate surface area is 160 Å². The molecule has 0 aliphatic carbocycles. The summed E-state index contributed by atoms with van der Waals surface area (Å²) in [7, 11) is 0. The number of amides is 1. The number of benzene rings is 1. The highest BCUT2D eigenvalue weighted by Crippen LogP contribution is 2.38. The van der Waals surface area contributed by atoms with E-state index in [1.807, 2.05) is 0 Å². The maximum Gasteiger partial charge on any atom is 0.332 e. The standard InChI is InChI=1S/C18H19N3O7/c1-4-27-17(24)15-13(11-5-7-12(8-6-11)21(25)26)14(19-20(15)10(2)22)16(23)18(3)9-28-18/h5-8,13,15H,4,9H2,1-3H3/t13-,15-,18+/m0/s1. The quantitative estimate of drug-likeness (QED) is 0.309. The summed E-state index contributed by atoms with van der Waals surface area (Å²) in [6, 6.07) is 4.24. The summed E-state index contributed by atoms with van der Waals surface area (Å²) in [5.41, 5.74) is -0.768. The molecule has 10 nitrogen and oxygen atoms in total. The van der Waals surface area contributed by atoms with Crippen LogP contribution in [-0.2, 0) is 23.9 Å². The summed E-state index contributed by atoms with van der Waals surface area (Å²) in [6.45, 7) is 4.74. The third-order valence-corrected chi connectivity index (χ3v) is 4.69. The van der Waals surface area contributed by atoms with Crippen LogP contribution in [0.25, 0.3) is 0 Å². The number of non-ortho nitro benzene ring substituents is 1. The van der Waals surface area contributed by atoms with E-state index in [9.17, 15) is 24.5 Å². The highest BCUT2D eigenvalue weighted by molar-refractivity contribution is 6.46. The van der Waals surface area contributed by atoms with E-state index in [2.05, 4.69) is 5.10 Å². The number of rotatable bonds is 6. The monoisotopic (exact) mass is 389 g/mol. The van der Waals surface area contributed by atoms with Gasteiger partial charge in [0.2, 0.25) is 11.7 Å². The Hall–Kier alpha value is -3.14. The number of esters is 1. The van der Waals surface area contributed by atoms with Gasteiger partial charge in [-0.1, -0.05) is 12.1 Å². The minimum absolute atomic E-state index is 0.0119. The Balaban J connectivity index is 2.08. The molecule has 2 aliphatic heterocycles. The van der Waals surface area contributed by atoms with Crippen LogP contribution >= 0.6 is 0 Å². The molecule has 0 unspecified atom stereocenters. The van der Waals surface area contributed by atoms with Crippen molar-refractivity contribution in [2.24, 2.45) is 5.10 Å². The first-order valence-corrected chi connectivity index (χ1v) is 8.67. The van der Waals surface area contributed by atoms with Crippen molar-refractivity contribution in [2.45, 2.75) is 38.3 Å². The molecule has 1 aromatic rings. The second-order valence-corrected chi connectivity index (χ2v) is 6.72. The second-order valence-electron chi connectivity index (χ2n) is 6.72. The summed E-state index contributed by atoms with van der Waals surface area (Å²) in [5.74, 6) is -2.60. The van der Waals surface area contributed by atoms with Crippen LogP contribution < -0.4 is 0 Å². The van der Waals surface area contributed by atoms with E-state index >= 15 is 0 Å². The van der Waals surface area contributed by atoms with Crippen LogP contribution in [0.5, 0.6) is 0 Å². The molecule has 1 aromatic carbocycles. The molecule has 0 spiro atoms. The molecule has 0 saturated carbocycles. The summed E-state index contributed by atoms with van der Waals surface area (Å²) in [5, 5.41) is 16.0. The van der Waals surface area contributed by atoms with E-state index in [1.165, 1.54) is 31.2 Å². The van der Waals surface area contributed by atoms with Crippen molar-refractivity contribution in [3.8, 4) is 0 Å². The number of carbonyl (C=O) groups excluding carboxylic acids is 3. The smallest absolute Gasteiger partial charge is 0.332 e. The first-order valence-electron chi connectivity index (χ1n) is 8.67. The maximum absolute atomic E-state index is 12.9. The highest BCUT2D eigenvalue weighted by Gasteiger charge is 2.56. The Morgan fingerprint density at radius 1 is 1.36 bits per heavy atom. The molecular formula is C18H19N3O7. The molecule has 1 amide bonds. The van der Waals surface area contributed by atoms with Crippen LogP contribution in [0.1, 0.15) is 32.3 Å². The average molecular weight is 389 g/mol. The second kappa shape index (κ2) is 7.12. The molecule has 1 fully saturated rings. The fourth-order valence-electron chi connectivity index (χ4n) is 3.10. The van der Waals surface area contributed by atoms with Crippen LogP contribution in [0.15, 0.2) is 29.4 Å². The van der Waals surface area contributed by atoms with Crippen LogP contribution in [0.2, 0.25) is 0 Å². The van der Waals surface area contributed by atoms with Gasteiger partial charge in [-0.3, -0.25) is 19.7 Å². The average Bonchev–Trinajstić information content (AvgIpc) is 3.28. The van der Waals surface area contributed by atoms with E-state index in [1.54, 1.807) is 13.8 Å². The van der Waals surface area contributed by atoms with Gasteiger partial charge in [0, 0.05) is 19.1 Å². The molecule has 148 valence electrons. The van der Waals surface area contributed by atoms with Crippen molar-refractivity contribution in [1.82, 2.24) is 5.01 Å². The summed E-state index contributed by atoms with van der Waals surface area (Å²) in [6.07, 6.45) is 0. The van der Waals surface area contributed by atoms with Gasteiger partial charge in [0.25, 0.3) is 5.69 Å². The molecule has 0 bridgehead atoms. The predicted molar refractivity (Wildman–Crippen MR) is 95.6 cm³/mol. The number of hydrogen-bond donors (Lipinski definition) is 0. The molecule has 0 aromatic heterocycles. The fourth-order valence-corrected chi connectivity index (χ4v) is 3.10. The number of hydrazone groups is 1. The van der Waals surface area contributed by atoms with Gasteiger partial charge in [0.1, 0.15) is 5.71 Å². The Bertz CT molecular complexity index is 874. The summed E-state index contributed by atoms with van der Waals surface area (Å²) < 4.78 is 10.3. The molecule has 0 N–H and O–H groups in total. The minimum atomic E-state index is -1.18. The zero-order valence-electron chi connectivity index (χ0n) is 15.6. The number of hydrogen-bond acceptors (Lipinski definition) is 8. The Morgan fingerprint density at radius 2 is 1.96 bits per heavy atom. The molecule has 10 heteroatoms. The number of carbonyl (C=O) groups is 3. The van der Waals surface area contributed by atoms with Crippen LogP contribution in [0, 0.1) is 10.1 Å². The highest BCUT2D eigenvalue weighted by atomic mass is 16.6. The number of Topliss-reactive ketones (excluding diaryl/α,β-unsaturated/α-hetero) is 1. The Morgan fingerprint density at radius 3 is 2.43 bits per heavy atom. The van der Waals surface area contributed by atoms with Crippen molar-refractivity contribution in [3.05, 3.63) is 39.9 Å². The fraction of sp³-hybridized carbons (Fsp3) is 0.444. The maximum atomic E-state index is 12.9. The number of nitrogens with zero attached hydrogens (tertiary/aromatic N) is 3. The zero-order valence-corrected chi connectivity index (χ0v) is 15.6. The predicted octanol–water partition coefficient (Wildman–Crippen LogP) is 1.19. The van der Waals surface area contributed by atoms with Crippen molar-refractivity contribution < 1.29 is 28.8 Å². The van der Waals surface area contributed by atoms with Crippen LogP contribution in [0.4, 0.5) is 5.69 Å². The Kier molecular flexibility index (Phi) is 4.99. The molecule has 3 atom stereocenters.